The van der Waals surface area contributed by atoms with Gasteiger partial charge in [-0.3, -0.25) is 9.69 Å². The zero-order valence-corrected chi connectivity index (χ0v) is 11.2. The summed E-state index contributed by atoms with van der Waals surface area (Å²) in [7, 11) is 2.07. The topological polar surface area (TPSA) is 64.1 Å². The molecule has 0 aromatic carbocycles. The fraction of sp³-hybridized carbons (Fsp3) is 0.833. The molecule has 0 aromatic heterocycles. The van der Waals surface area contributed by atoms with Gasteiger partial charge in [-0.2, -0.15) is 0 Å². The number of hydrogen-bond acceptors (Lipinski definition) is 3. The second kappa shape index (κ2) is 4.76. The highest BCUT2D eigenvalue weighted by molar-refractivity contribution is 5.80. The highest BCUT2D eigenvalue weighted by atomic mass is 16.4. The van der Waals surface area contributed by atoms with Crippen LogP contribution in [0.2, 0.25) is 0 Å². The first-order valence-corrected chi connectivity index (χ1v) is 6.38. The van der Waals surface area contributed by atoms with Gasteiger partial charge in [0.15, 0.2) is 0 Å². The third-order valence-electron chi connectivity index (χ3n) is 4.13. The minimum atomic E-state index is -0.806. The highest BCUT2D eigenvalue weighted by Gasteiger charge is 2.39. The van der Waals surface area contributed by atoms with E-state index in [0.29, 0.717) is 38.3 Å². The Hall–Kier alpha value is -1.30. The zero-order chi connectivity index (χ0) is 13.4. The predicted octanol–water partition coefficient (Wildman–Crippen LogP) is 0.147. The fourth-order valence-electron chi connectivity index (χ4n) is 2.55. The normalized spacial score (nSPS) is 30.2. The number of likely N-dealkylation sites (N-methyl/N-ethyl adjacent to an activating group) is 1. The van der Waals surface area contributed by atoms with Gasteiger partial charge in [0.25, 0.3) is 0 Å². The fourth-order valence-corrected chi connectivity index (χ4v) is 2.55. The van der Waals surface area contributed by atoms with Crippen LogP contribution in [0.1, 0.15) is 13.8 Å². The summed E-state index contributed by atoms with van der Waals surface area (Å²) in [5.41, 5.74) is 0. The lowest BCUT2D eigenvalue weighted by atomic mass is 10.0. The molecule has 2 aliphatic heterocycles. The van der Waals surface area contributed by atoms with Crippen LogP contribution in [0.4, 0.5) is 4.79 Å². The minimum Gasteiger partial charge on any atom is -0.481 e. The Bertz CT molecular complexity index is 342. The predicted molar refractivity (Wildman–Crippen MR) is 66.4 cm³/mol. The Kier molecular flexibility index (Phi) is 3.47. The SMILES string of the molecule is CC1CN(C(=O)N2CC(C(=O)O)C2)CC(C)N1C. The maximum absolute atomic E-state index is 12.2. The zero-order valence-electron chi connectivity index (χ0n) is 11.2. The van der Waals surface area contributed by atoms with Gasteiger partial charge in [-0.1, -0.05) is 0 Å². The molecule has 0 spiro atoms. The van der Waals surface area contributed by atoms with E-state index in [4.69, 9.17) is 5.11 Å². The number of carbonyl (C=O) groups is 2. The van der Waals surface area contributed by atoms with Gasteiger partial charge in [-0.15, -0.1) is 0 Å². The number of carboxylic acid groups (broad SMARTS) is 1. The summed E-state index contributed by atoms with van der Waals surface area (Å²) in [5, 5.41) is 8.80. The van der Waals surface area contributed by atoms with Crippen molar-refractivity contribution < 1.29 is 14.7 Å². The van der Waals surface area contributed by atoms with E-state index in [1.807, 2.05) is 4.90 Å². The first-order chi connectivity index (χ1) is 8.40. The molecule has 0 aliphatic carbocycles. The van der Waals surface area contributed by atoms with Crippen molar-refractivity contribution in [3.63, 3.8) is 0 Å². The van der Waals surface area contributed by atoms with E-state index in [1.54, 1.807) is 4.90 Å². The van der Waals surface area contributed by atoms with Crippen LogP contribution >= 0.6 is 0 Å². The van der Waals surface area contributed by atoms with E-state index < -0.39 is 5.97 Å². The number of rotatable bonds is 1. The number of aliphatic carboxylic acids is 1. The molecule has 1 N–H and O–H groups in total. The van der Waals surface area contributed by atoms with E-state index in [9.17, 15) is 9.59 Å². The Labute approximate surface area is 107 Å². The average Bonchev–Trinajstić information content (AvgIpc) is 2.22. The molecule has 18 heavy (non-hydrogen) atoms. The van der Waals surface area contributed by atoms with Crippen molar-refractivity contribution in [1.29, 1.82) is 0 Å². The van der Waals surface area contributed by atoms with E-state index in [1.165, 1.54) is 0 Å². The number of amides is 2. The summed E-state index contributed by atoms with van der Waals surface area (Å²) in [6.45, 7) is 6.34. The van der Waals surface area contributed by atoms with Gasteiger partial charge in [0, 0.05) is 38.3 Å². The third-order valence-corrected chi connectivity index (χ3v) is 4.13. The van der Waals surface area contributed by atoms with Crippen LogP contribution in [-0.2, 0) is 4.79 Å². The Morgan fingerprint density at radius 1 is 1.00 bits per heavy atom. The molecule has 2 heterocycles. The van der Waals surface area contributed by atoms with E-state index in [2.05, 4.69) is 25.8 Å². The van der Waals surface area contributed by atoms with Crippen molar-refractivity contribution in [3.8, 4) is 0 Å². The van der Waals surface area contributed by atoms with Crippen molar-refractivity contribution in [1.82, 2.24) is 14.7 Å². The number of piperazine rings is 1. The van der Waals surface area contributed by atoms with Gasteiger partial charge in [0.2, 0.25) is 0 Å². The molecule has 0 aromatic rings. The molecular formula is C12H21N3O3. The first kappa shape index (κ1) is 13.1. The highest BCUT2D eigenvalue weighted by Crippen LogP contribution is 2.20. The lowest BCUT2D eigenvalue weighted by molar-refractivity contribution is -0.146. The lowest BCUT2D eigenvalue weighted by Crippen LogP contribution is -2.62. The van der Waals surface area contributed by atoms with E-state index in [0.717, 1.165) is 0 Å². The molecule has 6 nitrogen and oxygen atoms in total. The maximum atomic E-state index is 12.2. The standard InChI is InChI=1S/C12H21N3O3/c1-8-4-14(5-9(2)13(8)3)12(18)15-6-10(7-15)11(16)17/h8-10H,4-7H2,1-3H3,(H,16,17). The monoisotopic (exact) mass is 255 g/mol. The molecule has 102 valence electrons. The summed E-state index contributed by atoms with van der Waals surface area (Å²) in [6, 6.07) is 0.669. The Morgan fingerprint density at radius 3 is 1.89 bits per heavy atom. The molecule has 2 aliphatic rings. The number of carbonyl (C=O) groups excluding carboxylic acids is 1. The molecule has 2 rings (SSSR count). The summed E-state index contributed by atoms with van der Waals surface area (Å²) in [4.78, 5) is 28.6. The maximum Gasteiger partial charge on any atom is 0.320 e. The molecule has 0 saturated carbocycles. The number of urea groups is 1. The van der Waals surface area contributed by atoms with E-state index in [-0.39, 0.29) is 11.9 Å². The van der Waals surface area contributed by atoms with Crippen LogP contribution in [0.15, 0.2) is 0 Å². The molecule has 2 saturated heterocycles. The molecule has 0 bridgehead atoms. The second-order valence-corrected chi connectivity index (χ2v) is 5.49. The van der Waals surface area contributed by atoms with Gasteiger partial charge >= 0.3 is 12.0 Å². The first-order valence-electron chi connectivity index (χ1n) is 6.38. The van der Waals surface area contributed by atoms with Gasteiger partial charge in [0.1, 0.15) is 0 Å². The summed E-state index contributed by atoms with van der Waals surface area (Å²) < 4.78 is 0. The minimum absolute atomic E-state index is 0.0145. The smallest absolute Gasteiger partial charge is 0.320 e. The quantitative estimate of drug-likeness (QED) is 0.724. The van der Waals surface area contributed by atoms with Crippen molar-refractivity contribution in [2.75, 3.05) is 33.2 Å². The molecule has 0 radical (unpaired) electrons. The number of nitrogens with zero attached hydrogens (tertiary/aromatic N) is 3. The average molecular weight is 255 g/mol. The number of hydrogen-bond donors (Lipinski definition) is 1. The Balaban J connectivity index is 1.89. The van der Waals surface area contributed by atoms with Crippen LogP contribution in [-0.4, -0.2) is 77.1 Å². The van der Waals surface area contributed by atoms with Crippen molar-refractivity contribution in [2.24, 2.45) is 5.92 Å². The number of likely N-dealkylation sites (tertiary alicyclic amines) is 1. The van der Waals surface area contributed by atoms with Crippen molar-refractivity contribution in [2.45, 2.75) is 25.9 Å². The van der Waals surface area contributed by atoms with Gasteiger partial charge < -0.3 is 14.9 Å². The lowest BCUT2D eigenvalue weighted by Gasteiger charge is -2.46. The largest absolute Gasteiger partial charge is 0.481 e. The second-order valence-electron chi connectivity index (χ2n) is 5.49. The van der Waals surface area contributed by atoms with E-state index >= 15 is 0 Å². The third kappa shape index (κ3) is 2.29. The molecule has 2 amide bonds. The van der Waals surface area contributed by atoms with Crippen molar-refractivity contribution in [3.05, 3.63) is 0 Å². The molecular weight excluding hydrogens is 234 g/mol. The Morgan fingerprint density at radius 2 is 1.44 bits per heavy atom. The molecule has 2 unspecified atom stereocenters. The van der Waals surface area contributed by atoms with Gasteiger partial charge in [-0.05, 0) is 20.9 Å². The molecule has 2 fully saturated rings. The number of carboxylic acids is 1. The van der Waals surface area contributed by atoms with Gasteiger partial charge in [0.05, 0.1) is 5.92 Å². The van der Waals surface area contributed by atoms with Crippen LogP contribution in [0.5, 0.6) is 0 Å². The summed E-state index contributed by atoms with van der Waals surface area (Å²) in [5.74, 6) is -1.18. The molecule has 2 atom stereocenters. The van der Waals surface area contributed by atoms with Crippen LogP contribution < -0.4 is 0 Å². The van der Waals surface area contributed by atoms with Crippen LogP contribution in [0.25, 0.3) is 0 Å². The van der Waals surface area contributed by atoms with Crippen LogP contribution in [0.3, 0.4) is 0 Å². The van der Waals surface area contributed by atoms with Crippen LogP contribution in [0, 0.1) is 5.92 Å². The summed E-state index contributed by atoms with van der Waals surface area (Å²) in [6.07, 6.45) is 0. The van der Waals surface area contributed by atoms with Gasteiger partial charge in [-0.25, -0.2) is 4.79 Å². The summed E-state index contributed by atoms with van der Waals surface area (Å²) >= 11 is 0. The molecule has 6 heteroatoms. The van der Waals surface area contributed by atoms with Crippen molar-refractivity contribution >= 4 is 12.0 Å².